The standard InChI is InChI=1S/C13H18/c1-10(2)12-8-7-11-5-3-4-6-13(11)9-12/h3-6,10,12H,7-9H2,1-2H3/t12-/m1/s1. The van der Waals surface area contributed by atoms with Crippen molar-refractivity contribution in [2.24, 2.45) is 11.8 Å². The zero-order chi connectivity index (χ0) is 9.26. The summed E-state index contributed by atoms with van der Waals surface area (Å²) in [5.74, 6) is 1.75. The molecule has 0 saturated carbocycles. The second-order valence-corrected chi connectivity index (χ2v) is 4.52. The summed E-state index contributed by atoms with van der Waals surface area (Å²) < 4.78 is 0. The quantitative estimate of drug-likeness (QED) is 0.611. The lowest BCUT2D eigenvalue weighted by Crippen LogP contribution is -2.18. The highest BCUT2D eigenvalue weighted by atomic mass is 14.2. The van der Waals surface area contributed by atoms with E-state index in [2.05, 4.69) is 38.1 Å². The molecule has 1 atom stereocenters. The summed E-state index contributed by atoms with van der Waals surface area (Å²) in [4.78, 5) is 0. The molecule has 0 saturated heterocycles. The number of hydrogen-bond donors (Lipinski definition) is 0. The number of fused-ring (bicyclic) bond motifs is 1. The van der Waals surface area contributed by atoms with E-state index in [4.69, 9.17) is 0 Å². The first-order valence-corrected chi connectivity index (χ1v) is 5.34. The molecule has 0 nitrogen and oxygen atoms in total. The van der Waals surface area contributed by atoms with Gasteiger partial charge in [0.2, 0.25) is 0 Å². The Hall–Kier alpha value is -0.780. The summed E-state index contributed by atoms with van der Waals surface area (Å²) in [6, 6.07) is 8.91. The third-order valence-corrected chi connectivity index (χ3v) is 3.33. The maximum absolute atomic E-state index is 2.35. The van der Waals surface area contributed by atoms with Crippen LogP contribution >= 0.6 is 0 Å². The minimum Gasteiger partial charge on any atom is -0.0625 e. The van der Waals surface area contributed by atoms with Crippen LogP contribution < -0.4 is 0 Å². The molecular weight excluding hydrogens is 156 g/mol. The number of hydrogen-bond acceptors (Lipinski definition) is 0. The molecule has 0 spiro atoms. The second kappa shape index (κ2) is 3.53. The molecule has 1 aromatic carbocycles. The smallest absolute Gasteiger partial charge is 0.0245 e. The maximum atomic E-state index is 2.35. The third kappa shape index (κ3) is 1.77. The van der Waals surface area contributed by atoms with Gasteiger partial charge in [-0.15, -0.1) is 0 Å². The lowest BCUT2D eigenvalue weighted by Gasteiger charge is -2.27. The van der Waals surface area contributed by atoms with Crippen molar-refractivity contribution in [1.82, 2.24) is 0 Å². The Morgan fingerprint density at radius 1 is 1.15 bits per heavy atom. The van der Waals surface area contributed by atoms with Gasteiger partial charge in [-0.1, -0.05) is 38.1 Å². The zero-order valence-electron chi connectivity index (χ0n) is 8.59. The first kappa shape index (κ1) is 8.80. The molecule has 70 valence electrons. The first-order valence-electron chi connectivity index (χ1n) is 5.34. The molecule has 0 radical (unpaired) electrons. The van der Waals surface area contributed by atoms with Crippen molar-refractivity contribution in [3.63, 3.8) is 0 Å². The summed E-state index contributed by atoms with van der Waals surface area (Å²) in [5.41, 5.74) is 3.17. The van der Waals surface area contributed by atoms with Gasteiger partial charge in [0, 0.05) is 0 Å². The molecule has 0 N–H and O–H groups in total. The molecule has 13 heavy (non-hydrogen) atoms. The van der Waals surface area contributed by atoms with Crippen LogP contribution in [0.5, 0.6) is 0 Å². The predicted molar refractivity (Wildman–Crippen MR) is 56.8 cm³/mol. The van der Waals surface area contributed by atoms with Gasteiger partial charge in [-0.3, -0.25) is 0 Å². The second-order valence-electron chi connectivity index (χ2n) is 4.52. The Labute approximate surface area is 81.0 Å². The predicted octanol–water partition coefficient (Wildman–Crippen LogP) is 3.45. The average molecular weight is 174 g/mol. The normalized spacial score (nSPS) is 21.6. The Morgan fingerprint density at radius 3 is 2.54 bits per heavy atom. The van der Waals surface area contributed by atoms with Crippen LogP contribution in [0.4, 0.5) is 0 Å². The van der Waals surface area contributed by atoms with E-state index in [0.29, 0.717) is 0 Å². The Morgan fingerprint density at radius 2 is 1.85 bits per heavy atom. The molecule has 1 aliphatic carbocycles. The van der Waals surface area contributed by atoms with Crippen LogP contribution in [0.2, 0.25) is 0 Å². The van der Waals surface area contributed by atoms with Crippen LogP contribution in [0.15, 0.2) is 24.3 Å². The lowest BCUT2D eigenvalue weighted by atomic mass is 9.78. The van der Waals surface area contributed by atoms with Crippen molar-refractivity contribution in [1.29, 1.82) is 0 Å². The topological polar surface area (TPSA) is 0 Å². The molecular formula is C13H18. The van der Waals surface area contributed by atoms with Crippen molar-refractivity contribution in [2.75, 3.05) is 0 Å². The highest BCUT2D eigenvalue weighted by Gasteiger charge is 2.20. The number of rotatable bonds is 1. The summed E-state index contributed by atoms with van der Waals surface area (Å²) in [6.07, 6.45) is 3.97. The van der Waals surface area contributed by atoms with Gasteiger partial charge in [0.05, 0.1) is 0 Å². The van der Waals surface area contributed by atoms with Crippen LogP contribution in [0.1, 0.15) is 31.4 Å². The molecule has 0 amide bonds. The molecule has 0 aromatic heterocycles. The van der Waals surface area contributed by atoms with Gasteiger partial charge in [0.1, 0.15) is 0 Å². The van der Waals surface area contributed by atoms with E-state index in [-0.39, 0.29) is 0 Å². The highest BCUT2D eigenvalue weighted by molar-refractivity contribution is 5.29. The van der Waals surface area contributed by atoms with Crippen LogP contribution in [-0.4, -0.2) is 0 Å². The van der Waals surface area contributed by atoms with Crippen LogP contribution in [0.3, 0.4) is 0 Å². The van der Waals surface area contributed by atoms with Crippen molar-refractivity contribution in [3.05, 3.63) is 35.4 Å². The Balaban J connectivity index is 2.20. The van der Waals surface area contributed by atoms with E-state index in [1.807, 2.05) is 0 Å². The van der Waals surface area contributed by atoms with Gasteiger partial charge >= 0.3 is 0 Å². The van der Waals surface area contributed by atoms with Gasteiger partial charge in [-0.2, -0.15) is 0 Å². The molecule has 0 fully saturated rings. The van der Waals surface area contributed by atoms with Gasteiger partial charge < -0.3 is 0 Å². The van der Waals surface area contributed by atoms with Crippen molar-refractivity contribution in [3.8, 4) is 0 Å². The van der Waals surface area contributed by atoms with Gasteiger partial charge in [0.15, 0.2) is 0 Å². The Bertz CT molecular complexity index is 286. The van der Waals surface area contributed by atoms with E-state index in [0.717, 1.165) is 11.8 Å². The van der Waals surface area contributed by atoms with Crippen molar-refractivity contribution >= 4 is 0 Å². The van der Waals surface area contributed by atoms with Crippen LogP contribution in [0, 0.1) is 11.8 Å². The van der Waals surface area contributed by atoms with E-state index in [1.54, 1.807) is 11.1 Å². The fraction of sp³-hybridized carbons (Fsp3) is 0.538. The van der Waals surface area contributed by atoms with Crippen molar-refractivity contribution in [2.45, 2.75) is 33.1 Å². The fourth-order valence-corrected chi connectivity index (χ4v) is 2.29. The monoisotopic (exact) mass is 174 g/mol. The minimum absolute atomic E-state index is 0.841. The Kier molecular flexibility index (Phi) is 2.39. The summed E-state index contributed by atoms with van der Waals surface area (Å²) in [7, 11) is 0. The van der Waals surface area contributed by atoms with Crippen molar-refractivity contribution < 1.29 is 0 Å². The van der Waals surface area contributed by atoms with Crippen LogP contribution in [0.25, 0.3) is 0 Å². The van der Waals surface area contributed by atoms with E-state index >= 15 is 0 Å². The van der Waals surface area contributed by atoms with Gasteiger partial charge in [-0.25, -0.2) is 0 Å². The number of aryl methyl sites for hydroxylation is 1. The maximum Gasteiger partial charge on any atom is -0.0245 e. The zero-order valence-corrected chi connectivity index (χ0v) is 8.59. The molecule has 0 heterocycles. The molecule has 1 aliphatic rings. The lowest BCUT2D eigenvalue weighted by molar-refractivity contribution is 0.343. The SMILES string of the molecule is CC(C)[C@@H]1CCc2ccccc2C1. The molecule has 2 rings (SSSR count). The van der Waals surface area contributed by atoms with Gasteiger partial charge in [0.25, 0.3) is 0 Å². The summed E-state index contributed by atoms with van der Waals surface area (Å²) in [6.45, 7) is 4.69. The molecule has 0 heteroatoms. The van der Waals surface area contributed by atoms with Crippen LogP contribution in [-0.2, 0) is 12.8 Å². The fourth-order valence-electron chi connectivity index (χ4n) is 2.29. The summed E-state index contributed by atoms with van der Waals surface area (Å²) in [5, 5.41) is 0. The van der Waals surface area contributed by atoms with Gasteiger partial charge in [-0.05, 0) is 42.2 Å². The average Bonchev–Trinajstić information content (AvgIpc) is 2.17. The molecule has 0 unspecified atom stereocenters. The van der Waals surface area contributed by atoms with E-state index in [1.165, 1.54) is 19.3 Å². The minimum atomic E-state index is 0.841. The first-order chi connectivity index (χ1) is 6.27. The molecule has 1 aromatic rings. The largest absolute Gasteiger partial charge is 0.0625 e. The summed E-state index contributed by atoms with van der Waals surface area (Å²) >= 11 is 0. The highest BCUT2D eigenvalue weighted by Crippen LogP contribution is 2.29. The number of benzene rings is 1. The molecule has 0 aliphatic heterocycles. The third-order valence-electron chi connectivity index (χ3n) is 3.33. The molecule has 0 bridgehead atoms. The van der Waals surface area contributed by atoms with E-state index in [9.17, 15) is 0 Å². The van der Waals surface area contributed by atoms with E-state index < -0.39 is 0 Å².